The molecule has 3 heterocycles. The highest BCUT2D eigenvalue weighted by Gasteiger charge is 2.70. The number of hydrogen-bond acceptors (Lipinski definition) is 5. The monoisotopic (exact) mass is 604 g/mol. The first-order valence-electron chi connectivity index (χ1n) is 13.4. The summed E-state index contributed by atoms with van der Waals surface area (Å²) in [7, 11) is 1.55. The standard InChI is InChI=1S/C34H25BrN2O4/c1-41-24-9-6-8-22(19-24)30(38)29-28-18-15-20-7-2-5-12-27(20)37(28)32(31(39)21-13-16-23(35)17-14-21)34(29)25-10-3-4-11-26(25)36-33(34)40/h2-19,28-29,32H,1H3,(H,36,40). The number of anilines is 2. The Morgan fingerprint density at radius 3 is 2.44 bits per heavy atom. The Hall–Kier alpha value is -4.49. The minimum absolute atomic E-state index is 0.221. The van der Waals surface area contributed by atoms with Gasteiger partial charge in [0.1, 0.15) is 17.2 Å². The van der Waals surface area contributed by atoms with Crippen molar-refractivity contribution in [3.8, 4) is 5.75 Å². The predicted molar refractivity (Wildman–Crippen MR) is 162 cm³/mol. The number of Topliss-reactive ketones (excluding diaryl/α,β-unsaturated/α-hetero) is 2. The van der Waals surface area contributed by atoms with Crippen LogP contribution in [0.3, 0.4) is 0 Å². The van der Waals surface area contributed by atoms with Crippen LogP contribution in [0.1, 0.15) is 31.8 Å². The van der Waals surface area contributed by atoms with Gasteiger partial charge in [-0.05, 0) is 47.5 Å². The number of halogens is 1. The number of carbonyl (C=O) groups is 3. The molecule has 0 radical (unpaired) electrons. The second-order valence-corrected chi connectivity index (χ2v) is 11.4. The fraction of sp³-hybridized carbons (Fsp3) is 0.147. The zero-order valence-electron chi connectivity index (χ0n) is 22.1. The fourth-order valence-corrected chi connectivity index (χ4v) is 7.13. The van der Waals surface area contributed by atoms with Crippen molar-refractivity contribution in [3.05, 3.63) is 130 Å². The molecule has 4 unspecified atom stereocenters. The number of hydrogen-bond donors (Lipinski definition) is 1. The van der Waals surface area contributed by atoms with E-state index in [0.717, 1.165) is 15.7 Å². The molecule has 1 fully saturated rings. The summed E-state index contributed by atoms with van der Waals surface area (Å²) in [5.74, 6) is -1.15. The normalized spacial score (nSPS) is 23.5. The number of rotatable bonds is 5. The van der Waals surface area contributed by atoms with Crippen LogP contribution >= 0.6 is 15.9 Å². The van der Waals surface area contributed by atoms with E-state index < -0.39 is 23.4 Å². The molecule has 0 aromatic heterocycles. The average molecular weight is 605 g/mol. The number of nitrogens with zero attached hydrogens (tertiary/aromatic N) is 1. The molecule has 7 rings (SSSR count). The van der Waals surface area contributed by atoms with Gasteiger partial charge in [-0.3, -0.25) is 14.4 Å². The van der Waals surface area contributed by atoms with Crippen LogP contribution < -0.4 is 15.0 Å². The van der Waals surface area contributed by atoms with Crippen molar-refractivity contribution >= 4 is 50.9 Å². The van der Waals surface area contributed by atoms with Crippen LogP contribution in [-0.2, 0) is 10.2 Å². The largest absolute Gasteiger partial charge is 0.497 e. The Morgan fingerprint density at radius 2 is 1.63 bits per heavy atom. The van der Waals surface area contributed by atoms with Crippen molar-refractivity contribution in [2.24, 2.45) is 5.92 Å². The van der Waals surface area contributed by atoms with Crippen LogP contribution in [0.15, 0.2) is 108 Å². The molecule has 1 saturated heterocycles. The maximum atomic E-state index is 14.8. The molecule has 1 N–H and O–H groups in total. The van der Waals surface area contributed by atoms with Crippen LogP contribution in [0.2, 0.25) is 0 Å². The van der Waals surface area contributed by atoms with E-state index in [1.165, 1.54) is 0 Å². The zero-order chi connectivity index (χ0) is 28.3. The smallest absolute Gasteiger partial charge is 0.238 e. The maximum absolute atomic E-state index is 14.8. The summed E-state index contributed by atoms with van der Waals surface area (Å²) in [4.78, 5) is 46.0. The number of para-hydroxylation sites is 2. The van der Waals surface area contributed by atoms with Crippen molar-refractivity contribution in [3.63, 3.8) is 0 Å². The molecule has 6 nitrogen and oxygen atoms in total. The molecule has 4 atom stereocenters. The van der Waals surface area contributed by atoms with E-state index in [0.29, 0.717) is 28.1 Å². The van der Waals surface area contributed by atoms with Crippen LogP contribution in [0.5, 0.6) is 5.75 Å². The molecule has 1 spiro atoms. The highest BCUT2D eigenvalue weighted by atomic mass is 79.9. The molecule has 4 aromatic rings. The van der Waals surface area contributed by atoms with E-state index in [1.807, 2.05) is 77.7 Å². The van der Waals surface area contributed by atoms with Gasteiger partial charge in [0.05, 0.1) is 19.1 Å². The Morgan fingerprint density at radius 1 is 0.878 bits per heavy atom. The van der Waals surface area contributed by atoms with Gasteiger partial charge >= 0.3 is 0 Å². The van der Waals surface area contributed by atoms with Gasteiger partial charge in [-0.25, -0.2) is 0 Å². The Bertz CT molecular complexity index is 1760. The van der Waals surface area contributed by atoms with Gasteiger partial charge in [0, 0.05) is 27.0 Å². The van der Waals surface area contributed by atoms with E-state index in [2.05, 4.69) is 21.2 Å². The molecule has 4 aromatic carbocycles. The third-order valence-corrected chi connectivity index (χ3v) is 9.09. The van der Waals surface area contributed by atoms with Gasteiger partial charge in [-0.15, -0.1) is 0 Å². The van der Waals surface area contributed by atoms with Gasteiger partial charge < -0.3 is 15.0 Å². The van der Waals surface area contributed by atoms with Gasteiger partial charge in [-0.2, -0.15) is 0 Å². The molecule has 1 amide bonds. The number of ketones is 2. The summed E-state index contributed by atoms with van der Waals surface area (Å²) in [5, 5.41) is 3.04. The summed E-state index contributed by atoms with van der Waals surface area (Å²) in [6.45, 7) is 0. The minimum Gasteiger partial charge on any atom is -0.497 e. The van der Waals surface area contributed by atoms with Crippen molar-refractivity contribution in [2.75, 3.05) is 17.3 Å². The number of methoxy groups -OCH3 is 1. The van der Waals surface area contributed by atoms with Crippen LogP contribution in [0, 0.1) is 5.92 Å². The number of benzene rings is 4. The summed E-state index contributed by atoms with van der Waals surface area (Å²) in [5.41, 5.74) is 2.41. The number of fused-ring (bicyclic) bond motifs is 5. The minimum atomic E-state index is -1.49. The summed E-state index contributed by atoms with van der Waals surface area (Å²) < 4.78 is 6.27. The molecule has 0 aliphatic carbocycles. The highest BCUT2D eigenvalue weighted by molar-refractivity contribution is 9.10. The Kier molecular flexibility index (Phi) is 5.94. The summed E-state index contributed by atoms with van der Waals surface area (Å²) in [6, 6.07) is 27.8. The molecule has 41 heavy (non-hydrogen) atoms. The lowest BCUT2D eigenvalue weighted by molar-refractivity contribution is -0.121. The first-order chi connectivity index (χ1) is 19.9. The van der Waals surface area contributed by atoms with E-state index in [9.17, 15) is 14.4 Å². The van der Waals surface area contributed by atoms with Crippen molar-refractivity contribution in [2.45, 2.75) is 17.5 Å². The van der Waals surface area contributed by atoms with E-state index in [-0.39, 0.29) is 17.5 Å². The SMILES string of the molecule is COc1cccc(C(=O)C2C3C=Cc4ccccc4N3C(C(=O)c3ccc(Br)cc3)C23C(=O)Nc2ccccc23)c1. The molecular weight excluding hydrogens is 580 g/mol. The summed E-state index contributed by atoms with van der Waals surface area (Å²) >= 11 is 3.46. The van der Waals surface area contributed by atoms with Gasteiger partial charge in [0.25, 0.3) is 0 Å². The topological polar surface area (TPSA) is 75.7 Å². The second kappa shape index (κ2) is 9.56. The van der Waals surface area contributed by atoms with Crippen molar-refractivity contribution in [1.82, 2.24) is 0 Å². The molecular formula is C34H25BrN2O4. The lowest BCUT2D eigenvalue weighted by atomic mass is 9.63. The number of nitrogens with one attached hydrogen (secondary N) is 1. The number of amides is 1. The molecule has 7 heteroatoms. The molecule has 3 aliphatic heterocycles. The molecule has 0 saturated carbocycles. The first-order valence-corrected chi connectivity index (χ1v) is 14.2. The average Bonchev–Trinajstić information content (AvgIpc) is 3.48. The Labute approximate surface area is 245 Å². The third-order valence-electron chi connectivity index (χ3n) is 8.56. The highest BCUT2D eigenvalue weighted by Crippen LogP contribution is 2.58. The molecule has 3 aliphatic rings. The second-order valence-electron chi connectivity index (χ2n) is 10.5. The lowest BCUT2D eigenvalue weighted by Crippen LogP contribution is -2.55. The molecule has 202 valence electrons. The third kappa shape index (κ3) is 3.65. The number of ether oxygens (including phenoxy) is 1. The van der Waals surface area contributed by atoms with E-state index >= 15 is 0 Å². The summed E-state index contributed by atoms with van der Waals surface area (Å²) in [6.07, 6.45) is 3.96. The van der Waals surface area contributed by atoms with Gasteiger partial charge in [0.2, 0.25) is 5.91 Å². The van der Waals surface area contributed by atoms with Crippen LogP contribution in [0.25, 0.3) is 6.08 Å². The first kappa shape index (κ1) is 25.5. The maximum Gasteiger partial charge on any atom is 0.238 e. The van der Waals surface area contributed by atoms with E-state index in [4.69, 9.17) is 4.74 Å². The van der Waals surface area contributed by atoms with Crippen LogP contribution in [0.4, 0.5) is 11.4 Å². The zero-order valence-corrected chi connectivity index (χ0v) is 23.7. The van der Waals surface area contributed by atoms with Gasteiger partial charge in [-0.1, -0.05) is 88.7 Å². The van der Waals surface area contributed by atoms with E-state index in [1.54, 1.807) is 43.5 Å². The molecule has 0 bridgehead atoms. The quantitative estimate of drug-likeness (QED) is 0.270. The predicted octanol–water partition coefficient (Wildman–Crippen LogP) is 6.31. The van der Waals surface area contributed by atoms with Crippen molar-refractivity contribution < 1.29 is 19.1 Å². The Balaban J connectivity index is 1.53. The number of carbonyl (C=O) groups excluding carboxylic acids is 3. The fourth-order valence-electron chi connectivity index (χ4n) is 6.86. The van der Waals surface area contributed by atoms with Gasteiger partial charge in [0.15, 0.2) is 11.6 Å². The van der Waals surface area contributed by atoms with Crippen LogP contribution in [-0.4, -0.2) is 36.7 Å². The lowest BCUT2D eigenvalue weighted by Gasteiger charge is -2.37. The van der Waals surface area contributed by atoms with Crippen molar-refractivity contribution in [1.29, 1.82) is 0 Å².